The fraction of sp³-hybridized carbons (Fsp3) is 0.353. The molecule has 5 nitrogen and oxygen atoms in total. The summed E-state index contributed by atoms with van der Waals surface area (Å²) in [5.74, 6) is -0.137. The maximum Gasteiger partial charge on any atom is 0.338 e. The molecule has 0 bridgehead atoms. The van der Waals surface area contributed by atoms with Crippen molar-refractivity contribution in [2.45, 2.75) is 26.2 Å². The highest BCUT2D eigenvalue weighted by Crippen LogP contribution is 2.30. The van der Waals surface area contributed by atoms with Crippen molar-refractivity contribution in [1.29, 1.82) is 0 Å². The van der Waals surface area contributed by atoms with Crippen LogP contribution >= 0.6 is 11.3 Å². The summed E-state index contributed by atoms with van der Waals surface area (Å²) in [5, 5.41) is 2.84. The molecule has 0 unspecified atom stereocenters. The average Bonchev–Trinajstić information content (AvgIpc) is 3.32. The van der Waals surface area contributed by atoms with Crippen LogP contribution < -0.4 is 5.32 Å². The first-order chi connectivity index (χ1) is 11.1. The molecule has 1 saturated carbocycles. The Hall–Kier alpha value is -2.21. The number of aromatic nitrogens is 1. The highest BCUT2D eigenvalue weighted by molar-refractivity contribution is 7.09. The molecule has 1 aliphatic rings. The highest BCUT2D eigenvalue weighted by atomic mass is 32.1. The Kier molecular flexibility index (Phi) is 4.71. The maximum atomic E-state index is 12.0. The van der Waals surface area contributed by atoms with Crippen LogP contribution in [0, 0.1) is 12.8 Å². The third-order valence-electron chi connectivity index (χ3n) is 3.74. The van der Waals surface area contributed by atoms with Crippen molar-refractivity contribution in [2.75, 3.05) is 11.9 Å². The summed E-state index contributed by atoms with van der Waals surface area (Å²) in [7, 11) is 0. The summed E-state index contributed by atoms with van der Waals surface area (Å²) < 4.78 is 5.28. The number of ether oxygens (including phenoxy) is 1. The fourth-order valence-electron chi connectivity index (χ4n) is 2.17. The molecule has 0 radical (unpaired) electrons. The van der Waals surface area contributed by atoms with Crippen molar-refractivity contribution < 1.29 is 14.3 Å². The van der Waals surface area contributed by atoms with Gasteiger partial charge in [0.05, 0.1) is 23.4 Å². The Morgan fingerprint density at radius 1 is 1.30 bits per heavy atom. The van der Waals surface area contributed by atoms with Gasteiger partial charge in [-0.05, 0) is 44.0 Å². The van der Waals surface area contributed by atoms with Crippen molar-refractivity contribution in [3.63, 3.8) is 0 Å². The Bertz CT molecular complexity index is 705. The SMILES string of the molecule is Cc1ncsc1CCOC(=O)c1ccc(NC(=O)C2CC2)cc1. The van der Waals surface area contributed by atoms with Crippen molar-refractivity contribution in [1.82, 2.24) is 4.98 Å². The number of nitrogens with zero attached hydrogens (tertiary/aromatic N) is 1. The van der Waals surface area contributed by atoms with Gasteiger partial charge in [0.25, 0.3) is 0 Å². The number of esters is 1. The van der Waals surface area contributed by atoms with Gasteiger partial charge in [-0.3, -0.25) is 4.79 Å². The van der Waals surface area contributed by atoms with Gasteiger partial charge < -0.3 is 10.1 Å². The van der Waals surface area contributed by atoms with Gasteiger partial charge in [0.15, 0.2) is 0 Å². The van der Waals surface area contributed by atoms with Gasteiger partial charge in [-0.1, -0.05) is 0 Å². The van der Waals surface area contributed by atoms with E-state index >= 15 is 0 Å². The third kappa shape index (κ3) is 4.16. The molecule has 0 atom stereocenters. The number of hydrogen-bond acceptors (Lipinski definition) is 5. The number of carbonyl (C=O) groups excluding carboxylic acids is 2. The number of amides is 1. The second kappa shape index (κ2) is 6.91. The average molecular weight is 330 g/mol. The molecule has 1 aliphatic carbocycles. The number of aryl methyl sites for hydroxylation is 1. The van der Waals surface area contributed by atoms with Crippen LogP contribution in [0.5, 0.6) is 0 Å². The molecule has 2 aromatic rings. The number of rotatable bonds is 6. The van der Waals surface area contributed by atoms with Crippen molar-refractivity contribution in [2.24, 2.45) is 5.92 Å². The largest absolute Gasteiger partial charge is 0.462 e. The molecular weight excluding hydrogens is 312 g/mol. The van der Waals surface area contributed by atoms with E-state index in [9.17, 15) is 9.59 Å². The number of anilines is 1. The molecule has 120 valence electrons. The molecule has 23 heavy (non-hydrogen) atoms. The third-order valence-corrected chi connectivity index (χ3v) is 4.74. The smallest absolute Gasteiger partial charge is 0.338 e. The van der Waals surface area contributed by atoms with Crippen LogP contribution in [0.4, 0.5) is 5.69 Å². The van der Waals surface area contributed by atoms with E-state index in [4.69, 9.17) is 4.74 Å². The standard InChI is InChI=1S/C17H18N2O3S/c1-11-15(23-10-18-11)8-9-22-17(21)13-4-6-14(7-5-13)19-16(20)12-2-3-12/h4-7,10,12H,2-3,8-9H2,1H3,(H,19,20). The molecule has 0 saturated heterocycles. The minimum absolute atomic E-state index is 0.0558. The minimum Gasteiger partial charge on any atom is -0.462 e. The minimum atomic E-state index is -0.354. The van der Waals surface area contributed by atoms with Crippen molar-refractivity contribution in [3.8, 4) is 0 Å². The normalized spacial score (nSPS) is 13.6. The van der Waals surface area contributed by atoms with Gasteiger partial charge in [-0.25, -0.2) is 9.78 Å². The van der Waals surface area contributed by atoms with Crippen LogP contribution in [0.2, 0.25) is 0 Å². The topological polar surface area (TPSA) is 68.3 Å². The first kappa shape index (κ1) is 15.7. The van der Waals surface area contributed by atoms with E-state index < -0.39 is 0 Å². The Morgan fingerprint density at radius 3 is 2.65 bits per heavy atom. The predicted molar refractivity (Wildman–Crippen MR) is 88.6 cm³/mol. The molecule has 3 rings (SSSR count). The van der Waals surface area contributed by atoms with Crippen LogP contribution in [0.15, 0.2) is 29.8 Å². The lowest BCUT2D eigenvalue weighted by molar-refractivity contribution is -0.117. The summed E-state index contributed by atoms with van der Waals surface area (Å²) >= 11 is 1.57. The number of nitrogens with one attached hydrogen (secondary N) is 1. The second-order valence-corrected chi connectivity index (χ2v) is 6.53. The fourth-order valence-corrected chi connectivity index (χ4v) is 2.93. The highest BCUT2D eigenvalue weighted by Gasteiger charge is 2.29. The molecular formula is C17H18N2O3S. The van der Waals surface area contributed by atoms with Crippen LogP contribution in [-0.2, 0) is 16.0 Å². The number of hydrogen-bond donors (Lipinski definition) is 1. The van der Waals surface area contributed by atoms with Gasteiger partial charge in [0.1, 0.15) is 0 Å². The van der Waals surface area contributed by atoms with Gasteiger partial charge in [0.2, 0.25) is 5.91 Å². The summed E-state index contributed by atoms with van der Waals surface area (Å²) in [6.45, 7) is 2.28. The summed E-state index contributed by atoms with van der Waals surface area (Å²) in [5.41, 5.74) is 3.97. The van der Waals surface area contributed by atoms with Crippen molar-refractivity contribution >= 4 is 28.9 Å². The molecule has 0 spiro atoms. The molecule has 1 fully saturated rings. The monoisotopic (exact) mass is 330 g/mol. The first-order valence-electron chi connectivity index (χ1n) is 7.60. The number of carbonyl (C=O) groups is 2. The van der Waals surface area contributed by atoms with Gasteiger partial charge in [-0.15, -0.1) is 11.3 Å². The summed E-state index contributed by atoms with van der Waals surface area (Å²) in [6.07, 6.45) is 2.61. The molecule has 1 aromatic heterocycles. The van der Waals surface area contributed by atoms with E-state index in [1.807, 2.05) is 6.92 Å². The van der Waals surface area contributed by atoms with Gasteiger partial charge >= 0.3 is 5.97 Å². The Labute approximate surface area is 138 Å². The Balaban J connectivity index is 1.49. The molecule has 0 aliphatic heterocycles. The first-order valence-corrected chi connectivity index (χ1v) is 8.48. The quantitative estimate of drug-likeness (QED) is 0.826. The molecule has 1 heterocycles. The van der Waals surface area contributed by atoms with Crippen LogP contribution in [-0.4, -0.2) is 23.5 Å². The molecule has 1 amide bonds. The number of thiazole rings is 1. The molecule has 1 aromatic carbocycles. The zero-order chi connectivity index (χ0) is 16.2. The predicted octanol–water partition coefficient (Wildman–Crippen LogP) is 3.20. The lowest BCUT2D eigenvalue weighted by Gasteiger charge is -2.07. The van der Waals surface area contributed by atoms with E-state index in [1.165, 1.54) is 0 Å². The van der Waals surface area contributed by atoms with Gasteiger partial charge in [0, 0.05) is 22.9 Å². The number of benzene rings is 1. The van der Waals surface area contributed by atoms with E-state index in [0.29, 0.717) is 24.3 Å². The van der Waals surface area contributed by atoms with Gasteiger partial charge in [-0.2, -0.15) is 0 Å². The van der Waals surface area contributed by atoms with E-state index in [2.05, 4.69) is 10.3 Å². The molecule has 6 heteroatoms. The summed E-state index contributed by atoms with van der Waals surface area (Å²) in [6, 6.07) is 6.79. The summed E-state index contributed by atoms with van der Waals surface area (Å²) in [4.78, 5) is 29.0. The second-order valence-electron chi connectivity index (χ2n) is 5.59. The lowest BCUT2D eigenvalue weighted by Crippen LogP contribution is -2.13. The Morgan fingerprint density at radius 2 is 2.04 bits per heavy atom. The van der Waals surface area contributed by atoms with E-state index in [0.717, 1.165) is 23.4 Å². The lowest BCUT2D eigenvalue weighted by atomic mass is 10.2. The van der Waals surface area contributed by atoms with E-state index in [-0.39, 0.29) is 17.8 Å². The van der Waals surface area contributed by atoms with Crippen molar-refractivity contribution in [3.05, 3.63) is 45.9 Å². The zero-order valence-corrected chi connectivity index (χ0v) is 13.7. The van der Waals surface area contributed by atoms with Crippen LogP contribution in [0.1, 0.15) is 33.8 Å². The van der Waals surface area contributed by atoms with E-state index in [1.54, 1.807) is 41.1 Å². The van der Waals surface area contributed by atoms with Crippen LogP contribution in [0.3, 0.4) is 0 Å². The van der Waals surface area contributed by atoms with Crippen LogP contribution in [0.25, 0.3) is 0 Å². The molecule has 1 N–H and O–H groups in total. The zero-order valence-electron chi connectivity index (χ0n) is 12.9. The maximum absolute atomic E-state index is 12.0.